The first-order valence-corrected chi connectivity index (χ1v) is 18.6. The van der Waals surface area contributed by atoms with Gasteiger partial charge in [-0.3, -0.25) is 0 Å². The smallest absolute Gasteiger partial charge is 0.164 e. The summed E-state index contributed by atoms with van der Waals surface area (Å²) in [6.07, 6.45) is 0. The molecular weight excluding hydrogens is 669 g/mol. The molecular formula is C51H32N4. The summed E-state index contributed by atoms with van der Waals surface area (Å²) in [4.78, 5) is 15.4. The van der Waals surface area contributed by atoms with E-state index in [1.54, 1.807) is 0 Å². The number of hydrogen-bond acceptors (Lipinski definition) is 3. The minimum absolute atomic E-state index is 0.637. The molecule has 2 aromatic heterocycles. The summed E-state index contributed by atoms with van der Waals surface area (Å²) in [5, 5.41) is 9.57. The van der Waals surface area contributed by atoms with Crippen molar-refractivity contribution >= 4 is 54.1 Å². The summed E-state index contributed by atoms with van der Waals surface area (Å²) in [7, 11) is 0. The highest BCUT2D eigenvalue weighted by molar-refractivity contribution is 6.17. The van der Waals surface area contributed by atoms with Gasteiger partial charge in [0.2, 0.25) is 0 Å². The summed E-state index contributed by atoms with van der Waals surface area (Å²) < 4.78 is 2.44. The van der Waals surface area contributed by atoms with E-state index in [0.29, 0.717) is 17.5 Å². The van der Waals surface area contributed by atoms with E-state index in [1.807, 2.05) is 24.3 Å². The van der Waals surface area contributed by atoms with Crippen molar-refractivity contribution in [3.8, 4) is 51.0 Å². The van der Waals surface area contributed by atoms with Crippen LogP contribution in [0.4, 0.5) is 0 Å². The van der Waals surface area contributed by atoms with E-state index in [2.05, 4.69) is 174 Å². The molecule has 0 N–H and O–H groups in total. The highest BCUT2D eigenvalue weighted by Crippen LogP contribution is 2.40. The molecule has 256 valence electrons. The molecule has 0 bridgehead atoms. The number of hydrogen-bond donors (Lipinski definition) is 0. The Morgan fingerprint density at radius 1 is 0.291 bits per heavy atom. The van der Waals surface area contributed by atoms with E-state index in [1.165, 1.54) is 48.9 Å². The lowest BCUT2D eigenvalue weighted by Crippen LogP contribution is -2.02. The molecule has 0 radical (unpaired) electrons. The molecule has 4 nitrogen and oxygen atoms in total. The number of rotatable bonds is 5. The molecule has 11 rings (SSSR count). The zero-order chi connectivity index (χ0) is 36.3. The zero-order valence-corrected chi connectivity index (χ0v) is 29.8. The third kappa shape index (κ3) is 5.26. The third-order valence-electron chi connectivity index (χ3n) is 10.8. The molecule has 0 aliphatic carbocycles. The second-order valence-corrected chi connectivity index (χ2v) is 14.1. The van der Waals surface area contributed by atoms with Gasteiger partial charge in [-0.2, -0.15) is 0 Å². The molecule has 0 saturated carbocycles. The predicted molar refractivity (Wildman–Crippen MR) is 228 cm³/mol. The molecule has 0 spiro atoms. The van der Waals surface area contributed by atoms with Gasteiger partial charge >= 0.3 is 0 Å². The van der Waals surface area contributed by atoms with Crippen molar-refractivity contribution in [3.63, 3.8) is 0 Å². The van der Waals surface area contributed by atoms with Gasteiger partial charge in [0, 0.05) is 32.8 Å². The first-order chi connectivity index (χ1) is 27.2. The Balaban J connectivity index is 1.14. The SMILES string of the molecule is c1ccc(-c2ccc(-c3nc(-c4ccccc4)nc(-c4ccc(-n5c6cc7ccccc7cc6c6cc7ccccc7cc65)c5ccccc45)n3)cc2)cc1. The molecule has 11 aromatic rings. The third-order valence-corrected chi connectivity index (χ3v) is 10.8. The van der Waals surface area contributed by atoms with Crippen LogP contribution in [0.3, 0.4) is 0 Å². The summed E-state index contributed by atoms with van der Waals surface area (Å²) in [6.45, 7) is 0. The van der Waals surface area contributed by atoms with Crippen molar-refractivity contribution in [1.29, 1.82) is 0 Å². The molecule has 0 unspecified atom stereocenters. The summed E-state index contributed by atoms with van der Waals surface area (Å²) in [6, 6.07) is 68.8. The number of nitrogens with zero attached hydrogens (tertiary/aromatic N) is 4. The van der Waals surface area contributed by atoms with Crippen LogP contribution in [0.5, 0.6) is 0 Å². The van der Waals surface area contributed by atoms with E-state index < -0.39 is 0 Å². The van der Waals surface area contributed by atoms with Gasteiger partial charge < -0.3 is 4.57 Å². The number of fused-ring (bicyclic) bond motifs is 6. The Morgan fingerprint density at radius 2 is 0.709 bits per heavy atom. The normalized spacial score (nSPS) is 11.6. The van der Waals surface area contributed by atoms with Crippen LogP contribution in [0.1, 0.15) is 0 Å². The summed E-state index contributed by atoms with van der Waals surface area (Å²) in [5.74, 6) is 1.91. The Kier molecular flexibility index (Phi) is 7.14. The van der Waals surface area contributed by atoms with Crippen LogP contribution in [0.25, 0.3) is 105 Å². The first kappa shape index (κ1) is 31.1. The Labute approximate surface area is 317 Å². The van der Waals surface area contributed by atoms with Gasteiger partial charge in [0.05, 0.1) is 16.7 Å². The fraction of sp³-hybridized carbons (Fsp3) is 0. The Bertz CT molecular complexity index is 3150. The minimum atomic E-state index is 0.637. The summed E-state index contributed by atoms with van der Waals surface area (Å²) in [5.41, 5.74) is 8.62. The minimum Gasteiger partial charge on any atom is -0.309 e. The molecule has 0 amide bonds. The van der Waals surface area contributed by atoms with Gasteiger partial charge in [-0.05, 0) is 74.5 Å². The van der Waals surface area contributed by atoms with Crippen molar-refractivity contribution in [2.45, 2.75) is 0 Å². The van der Waals surface area contributed by atoms with Crippen LogP contribution >= 0.6 is 0 Å². The maximum absolute atomic E-state index is 5.18. The lowest BCUT2D eigenvalue weighted by atomic mass is 10.0. The van der Waals surface area contributed by atoms with Gasteiger partial charge in [0.1, 0.15) is 0 Å². The maximum Gasteiger partial charge on any atom is 0.164 e. The van der Waals surface area contributed by atoms with Crippen molar-refractivity contribution < 1.29 is 0 Å². The van der Waals surface area contributed by atoms with Gasteiger partial charge in [0.15, 0.2) is 17.5 Å². The van der Waals surface area contributed by atoms with Crippen molar-refractivity contribution in [1.82, 2.24) is 19.5 Å². The first-order valence-electron chi connectivity index (χ1n) is 18.6. The zero-order valence-electron chi connectivity index (χ0n) is 29.8. The van der Waals surface area contributed by atoms with E-state index in [9.17, 15) is 0 Å². The molecule has 4 heteroatoms. The molecule has 0 aliphatic heterocycles. The van der Waals surface area contributed by atoms with E-state index in [-0.39, 0.29) is 0 Å². The molecule has 2 heterocycles. The molecule has 0 fully saturated rings. The van der Waals surface area contributed by atoms with E-state index >= 15 is 0 Å². The fourth-order valence-electron chi connectivity index (χ4n) is 8.10. The highest BCUT2D eigenvalue weighted by atomic mass is 15.0. The highest BCUT2D eigenvalue weighted by Gasteiger charge is 2.20. The van der Waals surface area contributed by atoms with Crippen LogP contribution in [0.2, 0.25) is 0 Å². The second kappa shape index (κ2) is 12.6. The van der Waals surface area contributed by atoms with E-state index in [0.717, 1.165) is 38.7 Å². The molecule has 0 atom stereocenters. The molecule has 0 saturated heterocycles. The largest absolute Gasteiger partial charge is 0.309 e. The monoisotopic (exact) mass is 700 g/mol. The predicted octanol–water partition coefficient (Wildman–Crippen LogP) is 13.1. The maximum atomic E-state index is 5.18. The Hall–Kier alpha value is -7.43. The lowest BCUT2D eigenvalue weighted by molar-refractivity contribution is 1.08. The van der Waals surface area contributed by atoms with Crippen molar-refractivity contribution in [2.24, 2.45) is 0 Å². The van der Waals surface area contributed by atoms with Crippen LogP contribution in [0, 0.1) is 0 Å². The van der Waals surface area contributed by atoms with Gasteiger partial charge in [-0.15, -0.1) is 0 Å². The van der Waals surface area contributed by atoms with Crippen LogP contribution in [-0.2, 0) is 0 Å². The summed E-state index contributed by atoms with van der Waals surface area (Å²) >= 11 is 0. The van der Waals surface area contributed by atoms with E-state index in [4.69, 9.17) is 15.0 Å². The second-order valence-electron chi connectivity index (χ2n) is 14.1. The topological polar surface area (TPSA) is 43.6 Å². The molecule has 55 heavy (non-hydrogen) atoms. The average Bonchev–Trinajstić information content (AvgIpc) is 3.56. The van der Waals surface area contributed by atoms with Crippen LogP contribution in [0.15, 0.2) is 194 Å². The lowest BCUT2D eigenvalue weighted by Gasteiger charge is -2.15. The fourth-order valence-corrected chi connectivity index (χ4v) is 8.10. The van der Waals surface area contributed by atoms with Gasteiger partial charge in [0.25, 0.3) is 0 Å². The van der Waals surface area contributed by atoms with Gasteiger partial charge in [-0.1, -0.05) is 158 Å². The number of aromatic nitrogens is 4. The quantitative estimate of drug-likeness (QED) is 0.179. The van der Waals surface area contributed by atoms with Crippen molar-refractivity contribution in [3.05, 3.63) is 194 Å². The molecule has 9 aromatic carbocycles. The van der Waals surface area contributed by atoms with Crippen LogP contribution < -0.4 is 0 Å². The Morgan fingerprint density at radius 3 is 1.29 bits per heavy atom. The van der Waals surface area contributed by atoms with Gasteiger partial charge in [-0.25, -0.2) is 15.0 Å². The van der Waals surface area contributed by atoms with Crippen LogP contribution in [-0.4, -0.2) is 19.5 Å². The van der Waals surface area contributed by atoms with Crippen molar-refractivity contribution in [2.75, 3.05) is 0 Å². The standard InChI is InChI=1S/C51H32N4/c1-3-13-33(14-4-1)34-23-25-36(26-24-34)50-52-49(35-15-5-2-6-16-35)53-51(54-50)43-27-28-46(42-22-12-11-21-41(42)43)55-47-31-39-19-9-7-17-37(39)29-44(47)45-30-38-18-8-10-20-40(38)32-48(45)55/h1-32H. The number of benzene rings is 9. The average molecular weight is 701 g/mol. The molecule has 0 aliphatic rings.